The van der Waals surface area contributed by atoms with E-state index >= 15 is 0 Å². The average molecular weight is 222 g/mol. The number of nitrogens with zero attached hydrogens (tertiary/aromatic N) is 1. The number of hydrogen-bond donors (Lipinski definition) is 0. The maximum Gasteiger partial charge on any atom is 0.424 e. The number of amides is 1. The molecular formula is C8H16NO4S. The predicted octanol–water partition coefficient (Wildman–Crippen LogP) is 1.02. The Labute approximate surface area is 85.1 Å². The summed E-state index contributed by atoms with van der Waals surface area (Å²) in [7, 11) is -3.59. The van der Waals surface area contributed by atoms with Crippen LogP contribution in [0.1, 0.15) is 20.8 Å². The highest BCUT2D eigenvalue weighted by Crippen LogP contribution is 2.11. The highest BCUT2D eigenvalue weighted by atomic mass is 32.2. The zero-order valence-corrected chi connectivity index (χ0v) is 9.72. The van der Waals surface area contributed by atoms with Gasteiger partial charge in [0.05, 0.1) is 6.26 Å². The minimum Gasteiger partial charge on any atom is -0.443 e. The zero-order valence-electron chi connectivity index (χ0n) is 8.90. The van der Waals surface area contributed by atoms with Crippen LogP contribution in [0.2, 0.25) is 0 Å². The summed E-state index contributed by atoms with van der Waals surface area (Å²) in [6, 6.07) is 0. The second-order valence-electron chi connectivity index (χ2n) is 3.82. The molecule has 0 aromatic heterocycles. The fourth-order valence-corrected chi connectivity index (χ4v) is 1.35. The van der Waals surface area contributed by atoms with Crippen LogP contribution in [0.15, 0.2) is 0 Å². The molecule has 83 valence electrons. The number of hydrogen-bond acceptors (Lipinski definition) is 4. The van der Waals surface area contributed by atoms with Crippen molar-refractivity contribution in [1.82, 2.24) is 4.31 Å². The summed E-state index contributed by atoms with van der Waals surface area (Å²) in [4.78, 5) is 11.3. The lowest BCUT2D eigenvalue weighted by molar-refractivity contribution is 0.0405. The third kappa shape index (κ3) is 4.45. The van der Waals surface area contributed by atoms with Crippen LogP contribution in [0, 0.1) is 6.92 Å². The van der Waals surface area contributed by atoms with Gasteiger partial charge in [0.1, 0.15) is 5.60 Å². The van der Waals surface area contributed by atoms with Gasteiger partial charge in [-0.05, 0) is 27.7 Å². The summed E-state index contributed by atoms with van der Waals surface area (Å²) in [5.74, 6) is 0. The van der Waals surface area contributed by atoms with Gasteiger partial charge in [0.2, 0.25) is 10.0 Å². The van der Waals surface area contributed by atoms with Crippen molar-refractivity contribution in [3.8, 4) is 0 Å². The molecule has 0 fully saturated rings. The van der Waals surface area contributed by atoms with Gasteiger partial charge in [-0.3, -0.25) is 0 Å². The van der Waals surface area contributed by atoms with E-state index in [0.29, 0.717) is 4.31 Å². The lowest BCUT2D eigenvalue weighted by Gasteiger charge is -2.24. The van der Waals surface area contributed by atoms with E-state index in [4.69, 9.17) is 4.74 Å². The maximum absolute atomic E-state index is 11.3. The largest absolute Gasteiger partial charge is 0.443 e. The molecule has 0 N–H and O–H groups in total. The Kier molecular flexibility index (Phi) is 3.93. The van der Waals surface area contributed by atoms with E-state index in [-0.39, 0.29) is 6.54 Å². The molecule has 0 saturated heterocycles. The van der Waals surface area contributed by atoms with Crippen LogP contribution in [0.3, 0.4) is 0 Å². The van der Waals surface area contributed by atoms with Crippen LogP contribution in [0.25, 0.3) is 0 Å². The van der Waals surface area contributed by atoms with E-state index in [9.17, 15) is 13.2 Å². The van der Waals surface area contributed by atoms with Gasteiger partial charge >= 0.3 is 6.09 Å². The Morgan fingerprint density at radius 3 is 2.07 bits per heavy atom. The van der Waals surface area contributed by atoms with Crippen molar-refractivity contribution >= 4 is 16.1 Å². The van der Waals surface area contributed by atoms with E-state index in [2.05, 4.69) is 6.92 Å². The lowest BCUT2D eigenvalue weighted by Crippen LogP contribution is -2.40. The van der Waals surface area contributed by atoms with E-state index in [1.807, 2.05) is 0 Å². The first-order valence-electron chi connectivity index (χ1n) is 4.08. The van der Waals surface area contributed by atoms with Gasteiger partial charge in [0.15, 0.2) is 0 Å². The molecule has 14 heavy (non-hydrogen) atoms. The van der Waals surface area contributed by atoms with E-state index in [0.717, 1.165) is 6.26 Å². The predicted molar refractivity (Wildman–Crippen MR) is 53.1 cm³/mol. The number of carbonyl (C=O) groups is 1. The Hall–Kier alpha value is -0.780. The number of carbonyl (C=O) groups excluding carboxylic acids is 1. The molecule has 0 saturated carbocycles. The molecule has 0 unspecified atom stereocenters. The molecule has 0 atom stereocenters. The summed E-state index contributed by atoms with van der Waals surface area (Å²) < 4.78 is 27.6. The molecule has 0 aliphatic rings. The second kappa shape index (κ2) is 4.16. The first kappa shape index (κ1) is 13.2. The van der Waals surface area contributed by atoms with E-state index < -0.39 is 21.7 Å². The monoisotopic (exact) mass is 222 g/mol. The van der Waals surface area contributed by atoms with Crippen molar-refractivity contribution in [2.45, 2.75) is 26.4 Å². The number of rotatable bonds is 2. The third-order valence-corrected chi connectivity index (χ3v) is 2.33. The Balaban J connectivity index is 4.67. The highest BCUT2D eigenvalue weighted by Gasteiger charge is 2.26. The molecule has 0 aliphatic heterocycles. The Morgan fingerprint density at radius 1 is 1.43 bits per heavy atom. The normalized spacial score (nSPS) is 12.4. The first-order chi connectivity index (χ1) is 6.08. The molecule has 0 bridgehead atoms. The van der Waals surface area contributed by atoms with Gasteiger partial charge in [-0.1, -0.05) is 0 Å². The SMILES string of the molecule is [CH2]CN(C(=O)OC(C)(C)C)S(C)(=O)=O. The van der Waals surface area contributed by atoms with Gasteiger partial charge in [-0.15, -0.1) is 0 Å². The molecule has 6 heteroatoms. The van der Waals surface area contributed by atoms with Gasteiger partial charge in [0, 0.05) is 6.54 Å². The molecule has 0 aromatic carbocycles. The van der Waals surface area contributed by atoms with Gasteiger partial charge in [-0.25, -0.2) is 17.5 Å². The first-order valence-corrected chi connectivity index (χ1v) is 5.92. The maximum atomic E-state index is 11.3. The summed E-state index contributed by atoms with van der Waals surface area (Å²) in [5, 5.41) is 0. The van der Waals surface area contributed by atoms with Crippen molar-refractivity contribution in [2.75, 3.05) is 12.8 Å². The Morgan fingerprint density at radius 2 is 1.86 bits per heavy atom. The van der Waals surface area contributed by atoms with Crippen molar-refractivity contribution in [3.63, 3.8) is 0 Å². The standard InChI is InChI=1S/C8H16NO4S/c1-6-9(14(5,11)12)7(10)13-8(2,3)4/h1,6H2,2-5H3. The third-order valence-electron chi connectivity index (χ3n) is 1.20. The second-order valence-corrected chi connectivity index (χ2v) is 5.72. The van der Waals surface area contributed by atoms with E-state index in [1.165, 1.54) is 0 Å². The molecule has 0 rings (SSSR count). The molecular weight excluding hydrogens is 206 g/mol. The fraction of sp³-hybridized carbons (Fsp3) is 0.750. The molecule has 0 aromatic rings. The molecule has 0 spiro atoms. The van der Waals surface area contributed by atoms with Crippen LogP contribution in [-0.2, 0) is 14.8 Å². The summed E-state index contributed by atoms with van der Waals surface area (Å²) in [6.45, 7) is 8.16. The van der Waals surface area contributed by atoms with Crippen LogP contribution in [0.4, 0.5) is 4.79 Å². The van der Waals surface area contributed by atoms with Crippen molar-refractivity contribution < 1.29 is 17.9 Å². The minimum atomic E-state index is -3.59. The average Bonchev–Trinajstić information content (AvgIpc) is 1.79. The van der Waals surface area contributed by atoms with Gasteiger partial charge in [0.25, 0.3) is 0 Å². The topological polar surface area (TPSA) is 63.7 Å². The van der Waals surface area contributed by atoms with Gasteiger partial charge < -0.3 is 4.74 Å². The van der Waals surface area contributed by atoms with E-state index in [1.54, 1.807) is 20.8 Å². The quantitative estimate of drug-likeness (QED) is 0.699. The summed E-state index contributed by atoms with van der Waals surface area (Å²) in [5.41, 5.74) is -0.713. The van der Waals surface area contributed by atoms with Crippen LogP contribution < -0.4 is 0 Å². The highest BCUT2D eigenvalue weighted by molar-refractivity contribution is 7.88. The van der Waals surface area contributed by atoms with Crippen LogP contribution in [-0.4, -0.2) is 37.2 Å². The van der Waals surface area contributed by atoms with Crippen molar-refractivity contribution in [1.29, 1.82) is 0 Å². The molecule has 0 aliphatic carbocycles. The van der Waals surface area contributed by atoms with Crippen LogP contribution >= 0.6 is 0 Å². The summed E-state index contributed by atoms with van der Waals surface area (Å²) >= 11 is 0. The smallest absolute Gasteiger partial charge is 0.424 e. The molecule has 0 heterocycles. The fourth-order valence-electron chi connectivity index (χ4n) is 0.705. The molecule has 1 amide bonds. The van der Waals surface area contributed by atoms with Crippen LogP contribution in [0.5, 0.6) is 0 Å². The molecule has 5 nitrogen and oxygen atoms in total. The molecule has 1 radical (unpaired) electrons. The minimum absolute atomic E-state index is 0.173. The zero-order chi connectivity index (χ0) is 11.6. The number of sulfonamides is 1. The lowest BCUT2D eigenvalue weighted by atomic mass is 10.2. The van der Waals surface area contributed by atoms with Gasteiger partial charge in [-0.2, -0.15) is 0 Å². The summed E-state index contributed by atoms with van der Waals surface area (Å²) in [6.07, 6.45) is 0.0391. The Bertz CT molecular complexity index is 302. The van der Waals surface area contributed by atoms with Crippen molar-refractivity contribution in [2.24, 2.45) is 0 Å². The van der Waals surface area contributed by atoms with Crippen molar-refractivity contribution in [3.05, 3.63) is 6.92 Å². The number of ether oxygens (including phenoxy) is 1.